The zero-order valence-corrected chi connectivity index (χ0v) is 19.8. The summed E-state index contributed by atoms with van der Waals surface area (Å²) in [5, 5.41) is 14.5. The van der Waals surface area contributed by atoms with Crippen LogP contribution >= 0.6 is 0 Å². The van der Waals surface area contributed by atoms with E-state index < -0.39 is 23.8 Å². The molecule has 4 N–H and O–H groups in total. The first-order chi connectivity index (χ1) is 15.0. The first-order valence-electron chi connectivity index (χ1n) is 11.7. The van der Waals surface area contributed by atoms with Gasteiger partial charge in [0.2, 0.25) is 0 Å². The van der Waals surface area contributed by atoms with Gasteiger partial charge in [0.05, 0.1) is 6.10 Å². The second kappa shape index (κ2) is 9.98. The van der Waals surface area contributed by atoms with E-state index in [1.165, 1.54) is 29.7 Å². The molecule has 0 heterocycles. The number of hydrogen-bond acceptors (Lipinski definition) is 3. The highest BCUT2D eigenvalue weighted by Crippen LogP contribution is 2.41. The Kier molecular flexibility index (Phi) is 7.74. The van der Waals surface area contributed by atoms with Gasteiger partial charge in [-0.2, -0.15) is 0 Å². The Morgan fingerprint density at radius 2 is 1.84 bits per heavy atom. The van der Waals surface area contributed by atoms with Gasteiger partial charge in [-0.05, 0) is 59.4 Å². The first kappa shape index (κ1) is 24.8. The van der Waals surface area contributed by atoms with Crippen LogP contribution < -0.4 is 11.1 Å². The average Bonchev–Trinajstić information content (AvgIpc) is 2.70. The highest BCUT2D eigenvalue weighted by atomic mass is 19.1. The predicted octanol–water partition coefficient (Wildman–Crippen LogP) is 5.19. The zero-order chi connectivity index (χ0) is 23.5. The summed E-state index contributed by atoms with van der Waals surface area (Å²) in [7, 11) is 0. The summed E-state index contributed by atoms with van der Waals surface area (Å²) in [5.41, 5.74) is 9.06. The molecule has 2 unspecified atom stereocenters. The molecule has 2 aromatic carbocycles. The van der Waals surface area contributed by atoms with Crippen molar-refractivity contribution in [3.8, 4) is 0 Å². The Morgan fingerprint density at radius 3 is 2.47 bits per heavy atom. The molecule has 2 aromatic rings. The number of hydrogen-bond donors (Lipinski definition) is 3. The van der Waals surface area contributed by atoms with Crippen LogP contribution in [-0.4, -0.2) is 23.8 Å². The number of nitrogens with two attached hydrogens (primary N) is 1. The van der Waals surface area contributed by atoms with E-state index in [4.69, 9.17) is 5.73 Å². The lowest BCUT2D eigenvalue weighted by atomic mass is 9.71. The third-order valence-electron chi connectivity index (χ3n) is 6.82. The fourth-order valence-corrected chi connectivity index (χ4v) is 4.95. The normalized spacial score (nSPS) is 23.7. The highest BCUT2D eigenvalue weighted by Gasteiger charge is 2.37. The molecule has 32 heavy (non-hydrogen) atoms. The van der Waals surface area contributed by atoms with E-state index in [2.05, 4.69) is 57.3 Å². The lowest BCUT2D eigenvalue weighted by Crippen LogP contribution is -2.52. The molecule has 0 radical (unpaired) electrons. The second-order valence-electron chi connectivity index (χ2n) is 10.7. The molecule has 1 fully saturated rings. The van der Waals surface area contributed by atoms with Crippen molar-refractivity contribution in [1.29, 1.82) is 0 Å². The number of aliphatic hydroxyl groups is 1. The van der Waals surface area contributed by atoms with Gasteiger partial charge in [-0.15, -0.1) is 0 Å². The highest BCUT2D eigenvalue weighted by molar-refractivity contribution is 5.34. The van der Waals surface area contributed by atoms with E-state index in [0.29, 0.717) is 18.0 Å². The predicted molar refractivity (Wildman–Crippen MR) is 126 cm³/mol. The first-order valence-corrected chi connectivity index (χ1v) is 11.7. The maximum absolute atomic E-state index is 13.5. The molecule has 0 bridgehead atoms. The van der Waals surface area contributed by atoms with Gasteiger partial charge in [0, 0.05) is 24.2 Å². The maximum atomic E-state index is 13.5. The molecule has 1 aliphatic carbocycles. The van der Waals surface area contributed by atoms with Crippen molar-refractivity contribution < 1.29 is 13.9 Å². The molecule has 0 amide bonds. The van der Waals surface area contributed by atoms with Gasteiger partial charge >= 0.3 is 0 Å². The standard InChI is InChI=1S/C27H38F2N2O/c1-18-7-6-10-27(16-18,21-9-5-8-20(14-21)26(2,3)4)31-17-25(32)24(30)13-19-11-22(28)15-23(29)12-19/h5,8-9,11-12,14-15,18,24-25,31-32H,6-7,10,13,16-17,30H2,1-4H3/t18?,24-,25+,27?/m0/s1. The Morgan fingerprint density at radius 1 is 1.16 bits per heavy atom. The van der Waals surface area contributed by atoms with Gasteiger partial charge in [0.25, 0.3) is 0 Å². The molecule has 0 aliphatic heterocycles. The summed E-state index contributed by atoms with van der Waals surface area (Å²) >= 11 is 0. The van der Waals surface area contributed by atoms with Crippen LogP contribution in [0.4, 0.5) is 8.78 Å². The van der Waals surface area contributed by atoms with Crippen molar-refractivity contribution in [3.05, 3.63) is 70.8 Å². The smallest absolute Gasteiger partial charge is 0.126 e. The fraction of sp³-hybridized carbons (Fsp3) is 0.556. The van der Waals surface area contributed by atoms with E-state index in [1.54, 1.807) is 0 Å². The van der Waals surface area contributed by atoms with Crippen molar-refractivity contribution in [2.24, 2.45) is 11.7 Å². The van der Waals surface area contributed by atoms with Crippen molar-refractivity contribution in [2.45, 2.75) is 82.9 Å². The molecule has 1 aliphatic rings. The number of aliphatic hydroxyl groups excluding tert-OH is 1. The number of rotatable bonds is 7. The van der Waals surface area contributed by atoms with Gasteiger partial charge in [-0.25, -0.2) is 8.78 Å². The van der Waals surface area contributed by atoms with E-state index in [9.17, 15) is 13.9 Å². The van der Waals surface area contributed by atoms with Crippen LogP contribution in [0.1, 0.15) is 70.1 Å². The summed E-state index contributed by atoms with van der Waals surface area (Å²) in [4.78, 5) is 0. The molecule has 3 nitrogen and oxygen atoms in total. The molecule has 0 saturated heterocycles. The molecule has 3 rings (SSSR count). The summed E-state index contributed by atoms with van der Waals surface area (Å²) in [5.74, 6) is -0.682. The van der Waals surface area contributed by atoms with Gasteiger partial charge in [-0.1, -0.05) is 64.8 Å². The molecule has 176 valence electrons. The molecule has 4 atom stereocenters. The Hall–Kier alpha value is -1.82. The summed E-state index contributed by atoms with van der Waals surface area (Å²) in [6, 6.07) is 11.5. The maximum Gasteiger partial charge on any atom is 0.126 e. The van der Waals surface area contributed by atoms with Crippen molar-refractivity contribution in [1.82, 2.24) is 5.32 Å². The Bertz CT molecular complexity index is 891. The monoisotopic (exact) mass is 444 g/mol. The van der Waals surface area contributed by atoms with Crippen molar-refractivity contribution in [3.63, 3.8) is 0 Å². The largest absolute Gasteiger partial charge is 0.390 e. The molecular formula is C27H38F2N2O. The average molecular weight is 445 g/mol. The molecule has 5 heteroatoms. The molecule has 0 aromatic heterocycles. The molecule has 0 spiro atoms. The zero-order valence-electron chi connectivity index (χ0n) is 19.8. The van der Waals surface area contributed by atoms with Crippen LogP contribution in [-0.2, 0) is 17.4 Å². The minimum Gasteiger partial charge on any atom is -0.390 e. The minimum absolute atomic E-state index is 0.0551. The van der Waals surface area contributed by atoms with E-state index in [1.807, 2.05) is 0 Å². The summed E-state index contributed by atoms with van der Waals surface area (Å²) < 4.78 is 27.0. The SMILES string of the molecule is CC1CCCC(NC[C@@H](O)[C@@H](N)Cc2cc(F)cc(F)c2)(c2cccc(C(C)(C)C)c2)C1. The van der Waals surface area contributed by atoms with Crippen LogP contribution in [0, 0.1) is 17.6 Å². The Labute approximate surface area is 191 Å². The lowest BCUT2D eigenvalue weighted by Gasteiger charge is -2.43. The van der Waals surface area contributed by atoms with Gasteiger partial charge in [-0.3, -0.25) is 0 Å². The third-order valence-corrected chi connectivity index (χ3v) is 6.82. The topological polar surface area (TPSA) is 58.3 Å². The Balaban J connectivity index is 1.76. The van der Waals surface area contributed by atoms with Gasteiger partial charge < -0.3 is 16.2 Å². The summed E-state index contributed by atoms with van der Waals surface area (Å²) in [6.07, 6.45) is 3.70. The third kappa shape index (κ3) is 6.15. The minimum atomic E-state index is -0.832. The summed E-state index contributed by atoms with van der Waals surface area (Å²) in [6.45, 7) is 9.25. The van der Waals surface area contributed by atoms with Crippen LogP contribution in [0.5, 0.6) is 0 Å². The lowest BCUT2D eigenvalue weighted by molar-refractivity contribution is 0.108. The van der Waals surface area contributed by atoms with Crippen molar-refractivity contribution in [2.75, 3.05) is 6.54 Å². The van der Waals surface area contributed by atoms with Crippen LogP contribution in [0.2, 0.25) is 0 Å². The van der Waals surface area contributed by atoms with Crippen LogP contribution in [0.15, 0.2) is 42.5 Å². The number of nitrogens with one attached hydrogen (secondary N) is 1. The van der Waals surface area contributed by atoms with Crippen molar-refractivity contribution >= 4 is 0 Å². The quantitative estimate of drug-likeness (QED) is 0.551. The van der Waals surface area contributed by atoms with E-state index in [0.717, 1.165) is 25.3 Å². The van der Waals surface area contributed by atoms with Gasteiger partial charge in [0.1, 0.15) is 11.6 Å². The van der Waals surface area contributed by atoms with Gasteiger partial charge in [0.15, 0.2) is 0 Å². The fourth-order valence-electron chi connectivity index (χ4n) is 4.95. The number of halogens is 2. The van der Waals surface area contributed by atoms with E-state index >= 15 is 0 Å². The van der Waals surface area contributed by atoms with Crippen LogP contribution in [0.25, 0.3) is 0 Å². The molecular weight excluding hydrogens is 406 g/mol. The molecule has 1 saturated carbocycles. The van der Waals surface area contributed by atoms with E-state index in [-0.39, 0.29) is 17.4 Å². The second-order valence-corrected chi connectivity index (χ2v) is 10.7. The van der Waals surface area contributed by atoms with Crippen LogP contribution in [0.3, 0.4) is 0 Å². The number of benzene rings is 2.